The first-order chi connectivity index (χ1) is 24.8. The van der Waals surface area contributed by atoms with Gasteiger partial charge in [0.15, 0.2) is 0 Å². The summed E-state index contributed by atoms with van der Waals surface area (Å²) in [6.45, 7) is 4.00. The number of aromatic nitrogens is 5. The highest BCUT2D eigenvalue weighted by molar-refractivity contribution is 6.34. The number of aliphatic imine (C=N–C) groups is 2. The van der Waals surface area contributed by atoms with Crippen molar-refractivity contribution in [2.45, 2.75) is 20.3 Å². The minimum atomic E-state index is 0.718. The molecule has 7 heteroatoms. The van der Waals surface area contributed by atoms with Crippen molar-refractivity contribution in [1.29, 1.82) is 0 Å². The SMILES string of the molecule is C1=CC2=C(c3cccnc3)c3ccc([nH]3)C(c3cccnc3)=C3C=CC(=N3)C(c3ccncc3)=C3C=CC(=C(c4ccncc4)C1=N2)C3.CC. The fourth-order valence-corrected chi connectivity index (χ4v) is 6.77. The molecule has 8 bridgehead atoms. The van der Waals surface area contributed by atoms with Gasteiger partial charge in [0.2, 0.25) is 0 Å². The molecule has 240 valence electrons. The number of nitrogens with zero attached hydrogens (tertiary/aromatic N) is 6. The smallest absolute Gasteiger partial charge is 0.0737 e. The molecule has 4 aliphatic rings. The van der Waals surface area contributed by atoms with Gasteiger partial charge in [-0.15, -0.1) is 0 Å². The van der Waals surface area contributed by atoms with Crippen molar-refractivity contribution >= 4 is 33.7 Å². The van der Waals surface area contributed by atoms with Crippen LogP contribution in [-0.2, 0) is 0 Å². The lowest BCUT2D eigenvalue weighted by Gasteiger charge is -2.14. The molecular weight excluding hydrogens is 615 g/mol. The Hall–Kier alpha value is -6.60. The second kappa shape index (κ2) is 13.5. The van der Waals surface area contributed by atoms with Gasteiger partial charge in [-0.05, 0) is 102 Å². The molecule has 0 unspecified atom stereocenters. The van der Waals surface area contributed by atoms with Gasteiger partial charge in [-0.1, -0.05) is 38.1 Å². The van der Waals surface area contributed by atoms with Crippen LogP contribution in [0.4, 0.5) is 0 Å². The molecule has 1 aliphatic carbocycles. The molecule has 0 aromatic carbocycles. The minimum Gasteiger partial charge on any atom is -0.354 e. The molecule has 0 saturated heterocycles. The highest BCUT2D eigenvalue weighted by atomic mass is 14.8. The van der Waals surface area contributed by atoms with E-state index in [4.69, 9.17) is 9.98 Å². The molecule has 0 spiro atoms. The molecule has 8 heterocycles. The maximum Gasteiger partial charge on any atom is 0.0737 e. The van der Waals surface area contributed by atoms with Crippen molar-refractivity contribution in [3.05, 3.63) is 203 Å². The lowest BCUT2D eigenvalue weighted by atomic mass is 9.92. The van der Waals surface area contributed by atoms with Gasteiger partial charge in [0.1, 0.15) is 0 Å². The molecule has 7 nitrogen and oxygen atoms in total. The molecule has 50 heavy (non-hydrogen) atoms. The summed E-state index contributed by atoms with van der Waals surface area (Å²) >= 11 is 0. The summed E-state index contributed by atoms with van der Waals surface area (Å²) in [5.41, 5.74) is 15.9. The van der Waals surface area contributed by atoms with Crippen LogP contribution in [0.15, 0.2) is 179 Å². The molecule has 0 atom stereocenters. The van der Waals surface area contributed by atoms with Crippen molar-refractivity contribution < 1.29 is 0 Å². The topological polar surface area (TPSA) is 92.1 Å². The summed E-state index contributed by atoms with van der Waals surface area (Å²) in [7, 11) is 0. The Morgan fingerprint density at radius 1 is 0.440 bits per heavy atom. The first-order valence-corrected chi connectivity index (χ1v) is 16.8. The van der Waals surface area contributed by atoms with E-state index in [-0.39, 0.29) is 0 Å². The third kappa shape index (κ3) is 5.65. The maximum atomic E-state index is 5.32. The van der Waals surface area contributed by atoms with E-state index in [0.29, 0.717) is 0 Å². The summed E-state index contributed by atoms with van der Waals surface area (Å²) < 4.78 is 0. The van der Waals surface area contributed by atoms with E-state index in [1.807, 2.05) is 63.2 Å². The quantitative estimate of drug-likeness (QED) is 0.211. The number of hydrogen-bond donors (Lipinski definition) is 1. The second-order valence-corrected chi connectivity index (χ2v) is 11.7. The average molecular weight is 648 g/mol. The van der Waals surface area contributed by atoms with Crippen molar-refractivity contribution in [3.8, 4) is 0 Å². The lowest BCUT2D eigenvalue weighted by molar-refractivity contribution is 1.24. The van der Waals surface area contributed by atoms with Crippen LogP contribution >= 0.6 is 0 Å². The molecule has 0 fully saturated rings. The lowest BCUT2D eigenvalue weighted by Crippen LogP contribution is -2.03. The molecular formula is C43H33N7. The van der Waals surface area contributed by atoms with Crippen molar-refractivity contribution in [2.75, 3.05) is 0 Å². The van der Waals surface area contributed by atoms with E-state index < -0.39 is 0 Å². The third-order valence-corrected chi connectivity index (χ3v) is 8.88. The molecule has 0 amide bonds. The van der Waals surface area contributed by atoms with Gasteiger partial charge < -0.3 is 4.98 Å². The van der Waals surface area contributed by atoms with Crippen LogP contribution in [0, 0.1) is 0 Å². The first kappa shape index (κ1) is 30.7. The largest absolute Gasteiger partial charge is 0.354 e. The first-order valence-electron chi connectivity index (χ1n) is 16.8. The van der Waals surface area contributed by atoms with Crippen LogP contribution in [0.5, 0.6) is 0 Å². The zero-order valence-corrected chi connectivity index (χ0v) is 27.7. The van der Waals surface area contributed by atoms with Gasteiger partial charge >= 0.3 is 0 Å². The molecule has 0 radical (unpaired) electrons. The highest BCUT2D eigenvalue weighted by Gasteiger charge is 2.26. The highest BCUT2D eigenvalue weighted by Crippen LogP contribution is 2.40. The Bertz CT molecular complexity index is 2200. The van der Waals surface area contributed by atoms with E-state index in [2.05, 4.69) is 110 Å². The van der Waals surface area contributed by atoms with Crippen LogP contribution in [0.2, 0.25) is 0 Å². The number of pyridine rings is 4. The van der Waals surface area contributed by atoms with Crippen molar-refractivity contribution in [1.82, 2.24) is 24.9 Å². The Morgan fingerprint density at radius 3 is 1.32 bits per heavy atom. The number of allylic oxidation sites excluding steroid dienone is 10. The van der Waals surface area contributed by atoms with Gasteiger partial charge in [0.25, 0.3) is 0 Å². The van der Waals surface area contributed by atoms with Crippen LogP contribution in [0.3, 0.4) is 0 Å². The Balaban J connectivity index is 0.00000177. The Labute approximate surface area is 291 Å². The molecule has 5 aromatic heterocycles. The molecule has 0 saturated carbocycles. The van der Waals surface area contributed by atoms with Crippen molar-refractivity contribution in [3.63, 3.8) is 0 Å². The minimum absolute atomic E-state index is 0.718. The van der Waals surface area contributed by atoms with Gasteiger partial charge in [-0.2, -0.15) is 0 Å². The fourth-order valence-electron chi connectivity index (χ4n) is 6.77. The number of fused-ring (bicyclic) bond motifs is 6. The summed E-state index contributed by atoms with van der Waals surface area (Å²) in [5.74, 6) is 0. The molecule has 1 N–H and O–H groups in total. The molecule has 5 aromatic rings. The predicted octanol–water partition coefficient (Wildman–Crippen LogP) is 9.04. The van der Waals surface area contributed by atoms with E-state index in [1.165, 1.54) is 11.1 Å². The molecule has 9 rings (SSSR count). The average Bonchev–Trinajstić information content (AvgIpc) is 4.02. The maximum absolute atomic E-state index is 5.32. The summed E-state index contributed by atoms with van der Waals surface area (Å²) in [6.07, 6.45) is 28.3. The number of hydrogen-bond acceptors (Lipinski definition) is 6. The van der Waals surface area contributed by atoms with E-state index >= 15 is 0 Å². The van der Waals surface area contributed by atoms with Gasteiger partial charge in [-0.25, -0.2) is 9.98 Å². The normalized spacial score (nSPS) is 16.2. The standard InChI is InChI=1S/C41H27N7.C2H6/c1-3-30(24-44-17-1)40-34-9-7-32(46-34)38(26-13-19-42-20-14-26)28-5-6-29(23-28)39(27-15-21-43-22-16-27)33-8-10-35(47-33)41(31-4-2-18-45-25-31)37-12-11-36(40)48-37;1-2/h1-22,24-25,48H,23H2;1-2H3. The Morgan fingerprint density at radius 2 is 0.900 bits per heavy atom. The summed E-state index contributed by atoms with van der Waals surface area (Å²) in [5, 5.41) is 0. The zero-order valence-electron chi connectivity index (χ0n) is 27.7. The van der Waals surface area contributed by atoms with Gasteiger partial charge in [-0.3, -0.25) is 19.9 Å². The fraction of sp³-hybridized carbons (Fsp3) is 0.0698. The summed E-state index contributed by atoms with van der Waals surface area (Å²) in [4.78, 5) is 31.9. The number of rotatable bonds is 4. The number of aromatic amines is 1. The number of nitrogens with one attached hydrogen (secondary N) is 1. The van der Waals surface area contributed by atoms with Crippen molar-refractivity contribution in [2.24, 2.45) is 9.98 Å². The van der Waals surface area contributed by atoms with E-state index in [0.717, 1.165) is 85.2 Å². The van der Waals surface area contributed by atoms with Gasteiger partial charge in [0, 0.05) is 94.4 Å². The zero-order chi connectivity index (χ0) is 33.9. The predicted molar refractivity (Wildman–Crippen MR) is 202 cm³/mol. The van der Waals surface area contributed by atoms with Crippen LogP contribution < -0.4 is 0 Å². The van der Waals surface area contributed by atoms with Crippen LogP contribution in [0.1, 0.15) is 53.9 Å². The van der Waals surface area contributed by atoms with Crippen LogP contribution in [-0.4, -0.2) is 36.3 Å². The molecule has 3 aliphatic heterocycles. The van der Waals surface area contributed by atoms with Crippen LogP contribution in [0.25, 0.3) is 22.3 Å². The Kier molecular flexibility index (Phi) is 8.29. The monoisotopic (exact) mass is 647 g/mol. The third-order valence-electron chi connectivity index (χ3n) is 8.88. The second-order valence-electron chi connectivity index (χ2n) is 11.7. The van der Waals surface area contributed by atoms with E-state index in [1.54, 1.807) is 12.4 Å². The summed E-state index contributed by atoms with van der Waals surface area (Å²) in [6, 6.07) is 20.5. The van der Waals surface area contributed by atoms with Gasteiger partial charge in [0.05, 0.1) is 22.8 Å². The number of H-pyrrole nitrogens is 1. The van der Waals surface area contributed by atoms with E-state index in [9.17, 15) is 0 Å².